The highest BCUT2D eigenvalue weighted by Gasteiger charge is 2.33. The summed E-state index contributed by atoms with van der Waals surface area (Å²) in [5, 5.41) is 11.0. The number of aromatic nitrogens is 2. The van der Waals surface area contributed by atoms with Gasteiger partial charge in [-0.3, -0.25) is 9.97 Å². The first-order valence-electron chi connectivity index (χ1n) is 15.8. The summed E-state index contributed by atoms with van der Waals surface area (Å²) >= 11 is 6.38. The van der Waals surface area contributed by atoms with E-state index in [0.29, 0.717) is 11.8 Å². The highest BCUT2D eigenvalue weighted by atomic mass is 35.5. The maximum absolute atomic E-state index is 6.38. The molecule has 0 saturated carbocycles. The number of allylic oxidation sites excluding steroid dienone is 2. The first kappa shape index (κ1) is 29.3. The Balaban J connectivity index is 0.00000316. The van der Waals surface area contributed by atoms with Crippen molar-refractivity contribution in [2.24, 2.45) is 5.92 Å². The van der Waals surface area contributed by atoms with Crippen LogP contribution in [0.15, 0.2) is 54.1 Å². The van der Waals surface area contributed by atoms with Gasteiger partial charge in [-0.05, 0) is 106 Å². The minimum atomic E-state index is 0. The van der Waals surface area contributed by atoms with Gasteiger partial charge in [0.25, 0.3) is 0 Å². The van der Waals surface area contributed by atoms with Crippen molar-refractivity contribution in [1.29, 1.82) is 0 Å². The molecule has 7 rings (SSSR count). The van der Waals surface area contributed by atoms with Gasteiger partial charge in [0, 0.05) is 57.2 Å². The normalized spacial score (nSPS) is 19.0. The molecule has 0 amide bonds. The highest BCUT2D eigenvalue weighted by Crippen LogP contribution is 2.47. The number of benzene rings is 2. The summed E-state index contributed by atoms with van der Waals surface area (Å²) < 4.78 is 0. The fraction of sp³-hybridized carbons (Fsp3) is 0.444. The van der Waals surface area contributed by atoms with E-state index >= 15 is 0 Å². The highest BCUT2D eigenvalue weighted by molar-refractivity contribution is 6.31. The number of rotatable bonds is 9. The maximum atomic E-state index is 6.38. The van der Waals surface area contributed by atoms with Crippen molar-refractivity contribution in [1.82, 2.24) is 9.97 Å². The molecule has 2 aromatic carbocycles. The van der Waals surface area contributed by atoms with Gasteiger partial charge in [-0.25, -0.2) is 0 Å². The monoisotopic (exact) mass is 600 g/mol. The fourth-order valence-electron chi connectivity index (χ4n) is 7.68. The zero-order chi connectivity index (χ0) is 27.8. The fourth-order valence-corrected chi connectivity index (χ4v) is 7.85. The number of hydrogen-bond donors (Lipinski definition) is 2. The Morgan fingerprint density at radius 2 is 1.55 bits per heavy atom. The largest absolute Gasteiger partial charge is 0.384 e. The summed E-state index contributed by atoms with van der Waals surface area (Å²) in [4.78, 5) is 10.1. The van der Waals surface area contributed by atoms with E-state index in [0.717, 1.165) is 54.8 Å². The first-order valence-corrected chi connectivity index (χ1v) is 16.2. The van der Waals surface area contributed by atoms with Crippen LogP contribution in [0.5, 0.6) is 0 Å². The van der Waals surface area contributed by atoms with Crippen LogP contribution >= 0.6 is 24.0 Å². The van der Waals surface area contributed by atoms with Crippen molar-refractivity contribution in [2.75, 3.05) is 23.7 Å². The smallest absolute Gasteiger partial charge is 0.0741 e. The average molecular weight is 602 g/mol. The van der Waals surface area contributed by atoms with Crippen molar-refractivity contribution < 1.29 is 0 Å². The van der Waals surface area contributed by atoms with Crippen LogP contribution in [0.3, 0.4) is 0 Å². The third kappa shape index (κ3) is 5.85. The lowest BCUT2D eigenvalue weighted by molar-refractivity contribution is 0.433. The number of unbranched alkanes of at least 4 members (excludes halogenated alkanes) is 3. The van der Waals surface area contributed by atoms with Gasteiger partial charge in [-0.15, -0.1) is 12.4 Å². The molecule has 2 aromatic heterocycles. The van der Waals surface area contributed by atoms with Crippen LogP contribution in [0.1, 0.15) is 86.7 Å². The number of fused-ring (bicyclic) bond motifs is 7. The van der Waals surface area contributed by atoms with Crippen LogP contribution in [0.2, 0.25) is 5.02 Å². The number of pyridine rings is 2. The van der Waals surface area contributed by atoms with Gasteiger partial charge in [0.1, 0.15) is 0 Å². The number of anilines is 2. The summed E-state index contributed by atoms with van der Waals surface area (Å²) in [5.74, 6) is 1.20. The second kappa shape index (κ2) is 12.8. The van der Waals surface area contributed by atoms with Gasteiger partial charge in [0.2, 0.25) is 0 Å². The number of nitrogens with zero attached hydrogens (tertiary/aromatic N) is 2. The van der Waals surface area contributed by atoms with Crippen LogP contribution in [0.25, 0.3) is 21.8 Å². The van der Waals surface area contributed by atoms with Crippen molar-refractivity contribution >= 4 is 57.2 Å². The quantitative estimate of drug-likeness (QED) is 0.148. The molecule has 0 aliphatic heterocycles. The van der Waals surface area contributed by atoms with E-state index in [1.807, 2.05) is 12.1 Å². The molecule has 4 nitrogen and oxygen atoms in total. The number of nitrogens with one attached hydrogen (secondary N) is 2. The van der Waals surface area contributed by atoms with E-state index in [1.165, 1.54) is 95.2 Å². The average Bonchev–Trinajstić information content (AvgIpc) is 2.97. The van der Waals surface area contributed by atoms with Gasteiger partial charge in [0.15, 0.2) is 0 Å². The van der Waals surface area contributed by atoms with E-state index in [2.05, 4.69) is 54.0 Å². The summed E-state index contributed by atoms with van der Waals surface area (Å²) in [5.41, 5.74) is 11.9. The Bertz CT molecular complexity index is 1630. The molecule has 0 spiro atoms. The Morgan fingerprint density at radius 1 is 0.810 bits per heavy atom. The number of hydrogen-bond acceptors (Lipinski definition) is 4. The molecule has 220 valence electrons. The lowest BCUT2D eigenvalue weighted by atomic mass is 9.71. The first-order chi connectivity index (χ1) is 20.1. The molecule has 3 aliphatic carbocycles. The van der Waals surface area contributed by atoms with Crippen LogP contribution in [0.4, 0.5) is 11.4 Å². The van der Waals surface area contributed by atoms with Crippen LogP contribution in [0, 0.1) is 5.92 Å². The molecular formula is C36H42Cl2N4. The third-order valence-electron chi connectivity index (χ3n) is 9.48. The molecule has 2 unspecified atom stereocenters. The van der Waals surface area contributed by atoms with E-state index in [9.17, 15) is 0 Å². The maximum Gasteiger partial charge on any atom is 0.0741 e. The summed E-state index contributed by atoms with van der Waals surface area (Å²) in [6.45, 7) is 4.31. The van der Waals surface area contributed by atoms with Crippen molar-refractivity contribution in [3.8, 4) is 0 Å². The van der Waals surface area contributed by atoms with Gasteiger partial charge in [-0.1, -0.05) is 54.3 Å². The molecule has 6 heteroatoms. The molecule has 0 radical (unpaired) electrons. The Kier molecular flexibility index (Phi) is 8.93. The molecule has 2 N–H and O–H groups in total. The molecule has 2 heterocycles. The summed E-state index contributed by atoms with van der Waals surface area (Å²) in [7, 11) is 0. The molecular weight excluding hydrogens is 559 g/mol. The van der Waals surface area contributed by atoms with Crippen molar-refractivity contribution in [2.45, 2.75) is 83.5 Å². The number of halogens is 2. The Hall–Kier alpha value is -2.82. The van der Waals surface area contributed by atoms with Crippen molar-refractivity contribution in [3.63, 3.8) is 0 Å². The molecule has 0 fully saturated rings. The summed E-state index contributed by atoms with van der Waals surface area (Å²) in [6.07, 6.45) is 15.6. The van der Waals surface area contributed by atoms with Gasteiger partial charge in [0.05, 0.1) is 11.0 Å². The van der Waals surface area contributed by atoms with Gasteiger partial charge in [-0.2, -0.15) is 0 Å². The molecule has 3 aliphatic rings. The summed E-state index contributed by atoms with van der Waals surface area (Å²) in [6, 6.07) is 14.8. The lowest BCUT2D eigenvalue weighted by Crippen LogP contribution is -2.24. The molecule has 0 saturated heterocycles. The zero-order valence-corrected chi connectivity index (χ0v) is 26.2. The zero-order valence-electron chi connectivity index (χ0n) is 24.6. The van der Waals surface area contributed by atoms with E-state index in [4.69, 9.17) is 21.6 Å². The second-order valence-electron chi connectivity index (χ2n) is 12.5. The minimum absolute atomic E-state index is 0. The molecule has 4 aromatic rings. The van der Waals surface area contributed by atoms with Crippen LogP contribution < -0.4 is 10.6 Å². The molecule has 2 bridgehead atoms. The predicted molar refractivity (Wildman–Crippen MR) is 181 cm³/mol. The number of aryl methyl sites for hydroxylation is 1. The third-order valence-corrected chi connectivity index (χ3v) is 9.72. The minimum Gasteiger partial charge on any atom is -0.384 e. The topological polar surface area (TPSA) is 49.8 Å². The standard InChI is InChI=1S/C36H41ClN4.ClH/c1-23-18-24-20-25(19-23)34-33(21-24)41-32-22-26(37)14-15-29(32)36(34)39-17-9-3-2-8-16-38-35-27-10-4-6-12-30(27)40-31-13-7-5-11-28(31)35;/h4,6,10,12,14-15,18,22,24-25H,2-3,5,7-9,11,13,16-17,19-21H2,1H3,(H,38,40)(H,39,41);1H. The SMILES string of the molecule is CC1=CC2Cc3nc4cc(Cl)ccc4c(NCCCCCCNc4c5c(nc6ccccc46)CCCC5)c3C(C1)C2.Cl. The Morgan fingerprint density at radius 3 is 2.40 bits per heavy atom. The van der Waals surface area contributed by atoms with Crippen LogP contribution in [-0.2, 0) is 19.3 Å². The van der Waals surface area contributed by atoms with Gasteiger partial charge < -0.3 is 10.6 Å². The molecule has 2 atom stereocenters. The lowest BCUT2D eigenvalue weighted by Gasteiger charge is -2.36. The van der Waals surface area contributed by atoms with Gasteiger partial charge >= 0.3 is 0 Å². The van der Waals surface area contributed by atoms with E-state index in [1.54, 1.807) is 0 Å². The predicted octanol–water partition coefficient (Wildman–Crippen LogP) is 9.82. The van der Waals surface area contributed by atoms with Crippen LogP contribution in [-0.4, -0.2) is 23.1 Å². The van der Waals surface area contributed by atoms with Crippen molar-refractivity contribution in [3.05, 3.63) is 81.7 Å². The van der Waals surface area contributed by atoms with E-state index in [-0.39, 0.29) is 12.4 Å². The number of para-hydroxylation sites is 1. The Labute approximate surface area is 261 Å². The van der Waals surface area contributed by atoms with E-state index < -0.39 is 0 Å². The second-order valence-corrected chi connectivity index (χ2v) is 13.0. The molecule has 42 heavy (non-hydrogen) atoms.